The van der Waals surface area contributed by atoms with E-state index in [1.807, 2.05) is 6.07 Å². The van der Waals surface area contributed by atoms with E-state index in [1.165, 1.54) is 12.1 Å². The summed E-state index contributed by atoms with van der Waals surface area (Å²) in [6, 6.07) is 21.6. The van der Waals surface area contributed by atoms with Crippen LogP contribution in [0.2, 0.25) is 5.02 Å². The van der Waals surface area contributed by atoms with E-state index in [-0.39, 0.29) is 10.6 Å². The number of para-hydroxylation sites is 2. The van der Waals surface area contributed by atoms with Crippen LogP contribution in [-0.4, -0.2) is 19.3 Å². The third-order valence-corrected chi connectivity index (χ3v) is 5.92. The fourth-order valence-corrected chi connectivity index (χ4v) is 4.17. The van der Waals surface area contributed by atoms with Crippen LogP contribution in [0.25, 0.3) is 10.9 Å². The van der Waals surface area contributed by atoms with Crippen molar-refractivity contribution in [2.45, 2.75) is 4.90 Å². The molecule has 0 aliphatic rings. The van der Waals surface area contributed by atoms with E-state index in [0.29, 0.717) is 16.4 Å². The molecule has 4 aromatic rings. The van der Waals surface area contributed by atoms with E-state index in [0.717, 1.165) is 10.9 Å². The summed E-state index contributed by atoms with van der Waals surface area (Å²) in [6.45, 7) is 0. The van der Waals surface area contributed by atoms with Crippen LogP contribution in [-0.2, 0) is 10.0 Å². The maximum atomic E-state index is 12.7. The Balaban J connectivity index is 1.60. The zero-order valence-corrected chi connectivity index (χ0v) is 16.6. The van der Waals surface area contributed by atoms with Gasteiger partial charge in [-0.25, -0.2) is 8.42 Å². The minimum absolute atomic E-state index is 0.133. The van der Waals surface area contributed by atoms with E-state index < -0.39 is 15.9 Å². The SMILES string of the molecule is O=C(Nc1ccccc1NS(=O)(=O)c1ccccc1)c1cc2ccc(Cl)cc2[nH]1. The molecule has 3 N–H and O–H groups in total. The Morgan fingerprint density at radius 1 is 0.862 bits per heavy atom. The highest BCUT2D eigenvalue weighted by atomic mass is 35.5. The number of halogens is 1. The first-order valence-corrected chi connectivity index (χ1v) is 10.5. The summed E-state index contributed by atoms with van der Waals surface area (Å²) in [6.07, 6.45) is 0. The van der Waals surface area contributed by atoms with E-state index in [9.17, 15) is 13.2 Å². The van der Waals surface area contributed by atoms with Crippen LogP contribution < -0.4 is 10.0 Å². The Labute approximate surface area is 172 Å². The lowest BCUT2D eigenvalue weighted by atomic mass is 10.2. The normalized spacial score (nSPS) is 11.3. The maximum absolute atomic E-state index is 12.7. The molecule has 0 aliphatic carbocycles. The van der Waals surface area contributed by atoms with Crippen molar-refractivity contribution in [2.75, 3.05) is 10.0 Å². The summed E-state index contributed by atoms with van der Waals surface area (Å²) in [5.41, 5.74) is 1.68. The van der Waals surface area contributed by atoms with E-state index >= 15 is 0 Å². The zero-order chi connectivity index (χ0) is 20.4. The smallest absolute Gasteiger partial charge is 0.272 e. The molecule has 8 heteroatoms. The van der Waals surface area contributed by atoms with Gasteiger partial charge in [0.25, 0.3) is 15.9 Å². The lowest BCUT2D eigenvalue weighted by molar-refractivity contribution is 0.102. The number of carbonyl (C=O) groups excluding carboxylic acids is 1. The number of hydrogen-bond acceptors (Lipinski definition) is 3. The molecule has 1 heterocycles. The fraction of sp³-hybridized carbons (Fsp3) is 0. The molecule has 0 saturated carbocycles. The summed E-state index contributed by atoms with van der Waals surface area (Å²) in [5, 5.41) is 4.15. The lowest BCUT2D eigenvalue weighted by Gasteiger charge is -2.13. The average molecular weight is 426 g/mol. The van der Waals surface area contributed by atoms with Gasteiger partial charge >= 0.3 is 0 Å². The van der Waals surface area contributed by atoms with Crippen molar-refractivity contribution >= 4 is 49.8 Å². The average Bonchev–Trinajstić information content (AvgIpc) is 3.13. The second-order valence-corrected chi connectivity index (χ2v) is 8.45. The highest BCUT2D eigenvalue weighted by molar-refractivity contribution is 7.92. The highest BCUT2D eigenvalue weighted by Gasteiger charge is 2.17. The number of benzene rings is 3. The third-order valence-electron chi connectivity index (χ3n) is 4.30. The van der Waals surface area contributed by atoms with Crippen molar-refractivity contribution in [2.24, 2.45) is 0 Å². The number of amides is 1. The van der Waals surface area contributed by atoms with E-state index in [4.69, 9.17) is 11.6 Å². The molecule has 0 radical (unpaired) electrons. The van der Waals surface area contributed by atoms with Gasteiger partial charge in [0, 0.05) is 15.9 Å². The molecule has 146 valence electrons. The van der Waals surface area contributed by atoms with Gasteiger partial charge < -0.3 is 10.3 Å². The number of anilines is 2. The van der Waals surface area contributed by atoms with Crippen LogP contribution in [0.15, 0.2) is 83.8 Å². The molecule has 0 saturated heterocycles. The summed E-state index contributed by atoms with van der Waals surface area (Å²) in [5.74, 6) is -0.399. The molecule has 1 amide bonds. The van der Waals surface area contributed by atoms with Crippen LogP contribution in [0.1, 0.15) is 10.5 Å². The quantitative estimate of drug-likeness (QED) is 0.425. The van der Waals surface area contributed by atoms with Crippen LogP contribution in [0.3, 0.4) is 0 Å². The molecule has 4 rings (SSSR count). The molecule has 0 bridgehead atoms. The molecule has 0 fully saturated rings. The predicted octanol–water partition coefficient (Wildman–Crippen LogP) is 4.87. The summed E-state index contributed by atoms with van der Waals surface area (Å²) < 4.78 is 27.8. The minimum atomic E-state index is -3.79. The summed E-state index contributed by atoms with van der Waals surface area (Å²) in [4.78, 5) is 15.9. The number of aromatic amines is 1. The number of fused-ring (bicyclic) bond motifs is 1. The Morgan fingerprint density at radius 3 is 2.31 bits per heavy atom. The topological polar surface area (TPSA) is 91.1 Å². The second-order valence-electron chi connectivity index (χ2n) is 6.33. The number of rotatable bonds is 5. The Morgan fingerprint density at radius 2 is 1.55 bits per heavy atom. The van der Waals surface area contributed by atoms with Gasteiger partial charge in [-0.15, -0.1) is 0 Å². The molecule has 6 nitrogen and oxygen atoms in total. The molecule has 1 aromatic heterocycles. The number of sulfonamides is 1. The first kappa shape index (κ1) is 19.0. The predicted molar refractivity (Wildman–Crippen MR) is 115 cm³/mol. The van der Waals surface area contributed by atoms with Gasteiger partial charge in [-0.1, -0.05) is 48.0 Å². The molecular formula is C21H16ClN3O3S. The summed E-state index contributed by atoms with van der Waals surface area (Å²) >= 11 is 5.98. The van der Waals surface area contributed by atoms with Crippen molar-refractivity contribution in [3.05, 3.63) is 89.6 Å². The summed E-state index contributed by atoms with van der Waals surface area (Å²) in [7, 11) is -3.79. The minimum Gasteiger partial charge on any atom is -0.350 e. The number of aromatic nitrogens is 1. The molecule has 0 unspecified atom stereocenters. The van der Waals surface area contributed by atoms with Gasteiger partial charge in [0.1, 0.15) is 5.69 Å². The van der Waals surface area contributed by atoms with Gasteiger partial charge in [-0.05, 0) is 42.5 Å². The van der Waals surface area contributed by atoms with E-state index in [1.54, 1.807) is 60.7 Å². The third kappa shape index (κ3) is 4.11. The van der Waals surface area contributed by atoms with Crippen molar-refractivity contribution in [3.8, 4) is 0 Å². The van der Waals surface area contributed by atoms with Crippen molar-refractivity contribution in [1.82, 2.24) is 4.98 Å². The van der Waals surface area contributed by atoms with Crippen LogP contribution in [0.5, 0.6) is 0 Å². The largest absolute Gasteiger partial charge is 0.350 e. The van der Waals surface area contributed by atoms with Crippen LogP contribution in [0, 0.1) is 0 Å². The molecule has 0 aliphatic heterocycles. The standard InChI is InChI=1S/C21H16ClN3O3S/c22-15-11-10-14-12-20(23-19(14)13-15)21(26)24-17-8-4-5-9-18(17)25-29(27,28)16-6-2-1-3-7-16/h1-13,23,25H,(H,24,26). The highest BCUT2D eigenvalue weighted by Crippen LogP contribution is 2.26. The first-order chi connectivity index (χ1) is 13.9. The van der Waals surface area contributed by atoms with Crippen molar-refractivity contribution in [3.63, 3.8) is 0 Å². The number of H-pyrrole nitrogens is 1. The molecule has 0 spiro atoms. The van der Waals surface area contributed by atoms with Gasteiger partial charge in [-0.2, -0.15) is 0 Å². The van der Waals surface area contributed by atoms with Crippen LogP contribution in [0.4, 0.5) is 11.4 Å². The Hall–Kier alpha value is -3.29. The maximum Gasteiger partial charge on any atom is 0.272 e. The molecule has 3 aromatic carbocycles. The molecule has 29 heavy (non-hydrogen) atoms. The number of nitrogens with one attached hydrogen (secondary N) is 3. The fourth-order valence-electron chi connectivity index (χ4n) is 2.90. The molecule has 0 atom stereocenters. The number of carbonyl (C=O) groups is 1. The van der Waals surface area contributed by atoms with Crippen molar-refractivity contribution < 1.29 is 13.2 Å². The number of hydrogen-bond donors (Lipinski definition) is 3. The first-order valence-electron chi connectivity index (χ1n) is 8.69. The zero-order valence-electron chi connectivity index (χ0n) is 15.0. The monoisotopic (exact) mass is 425 g/mol. The molecular weight excluding hydrogens is 410 g/mol. The van der Waals surface area contributed by atoms with Gasteiger partial charge in [0.05, 0.1) is 16.3 Å². The van der Waals surface area contributed by atoms with Crippen LogP contribution >= 0.6 is 11.6 Å². The Bertz CT molecular complexity index is 1300. The van der Waals surface area contributed by atoms with Gasteiger partial charge in [0.2, 0.25) is 0 Å². The second kappa shape index (κ2) is 7.62. The Kier molecular flexibility index (Phi) is 5.00. The van der Waals surface area contributed by atoms with E-state index in [2.05, 4.69) is 15.0 Å². The lowest BCUT2D eigenvalue weighted by Crippen LogP contribution is -2.17. The van der Waals surface area contributed by atoms with Gasteiger partial charge in [-0.3, -0.25) is 9.52 Å². The van der Waals surface area contributed by atoms with Crippen molar-refractivity contribution in [1.29, 1.82) is 0 Å². The van der Waals surface area contributed by atoms with Gasteiger partial charge in [0.15, 0.2) is 0 Å².